The highest BCUT2D eigenvalue weighted by Crippen LogP contribution is 2.55. The average Bonchev–Trinajstić information content (AvgIpc) is 1.80. The summed E-state index contributed by atoms with van der Waals surface area (Å²) in [5.74, 6) is 0. The Morgan fingerprint density at radius 1 is 0.198 bits per heavy atom. The molecule has 4 aliphatic carbocycles. The smallest absolute Gasteiger partial charge is 0.0541 e. The van der Waals surface area contributed by atoms with Gasteiger partial charge in [0, 0.05) is 54.6 Å². The molecule has 0 saturated carbocycles. The first-order chi connectivity index (χ1) is 41.6. The molecular weight excluding hydrogens is 1040 g/mol. The van der Waals surface area contributed by atoms with Crippen LogP contribution in [0, 0.1) is 0 Å². The molecule has 0 unspecified atom stereocenters. The van der Waals surface area contributed by atoms with Gasteiger partial charge in [-0.1, -0.05) is 213 Å². The zero-order chi connectivity index (χ0) is 57.9. The van der Waals surface area contributed by atoms with Gasteiger partial charge in [-0.05, 0) is 207 Å². The van der Waals surface area contributed by atoms with Gasteiger partial charge in [-0.2, -0.15) is 0 Å². The normalized spacial score (nSPS) is 15.6. The molecule has 0 amide bonds. The molecule has 14 aromatic rings. The van der Waals surface area contributed by atoms with E-state index in [0.29, 0.717) is 0 Å². The molecule has 4 aliphatic rings. The molecule has 0 radical (unpaired) electrons. The summed E-state index contributed by atoms with van der Waals surface area (Å²) >= 11 is 0. The van der Waals surface area contributed by atoms with Crippen LogP contribution in [0.25, 0.3) is 133 Å². The summed E-state index contributed by atoms with van der Waals surface area (Å²) in [6.07, 6.45) is 0. The third-order valence-electron chi connectivity index (χ3n) is 21.3. The van der Waals surface area contributed by atoms with E-state index >= 15 is 0 Å². The zero-order valence-corrected chi connectivity index (χ0v) is 50.0. The Kier molecular flexibility index (Phi) is 9.81. The van der Waals surface area contributed by atoms with Crippen molar-refractivity contribution in [3.05, 3.63) is 287 Å². The summed E-state index contributed by atoms with van der Waals surface area (Å²) in [5.41, 5.74) is 36.2. The van der Waals surface area contributed by atoms with Gasteiger partial charge < -0.3 is 9.13 Å². The van der Waals surface area contributed by atoms with Gasteiger partial charge in [-0.25, -0.2) is 0 Å². The molecule has 0 spiro atoms. The molecule has 2 aromatic heterocycles. The Morgan fingerprint density at radius 2 is 0.453 bits per heavy atom. The highest BCUT2D eigenvalue weighted by atomic mass is 15.0. The van der Waals surface area contributed by atoms with Gasteiger partial charge in [0.25, 0.3) is 0 Å². The topological polar surface area (TPSA) is 9.86 Å². The standard InChI is InChI=1S/C84H64N2/c1-81(2)69-21-13-9-17-57(69)63-37-31-55(47-75(63)81)85-77-23-15-11-19-65(77)67-41-49(29-39-79(67)85)51-25-33-59-61-35-27-53(45-73(61)83(5,6)71(59)43-51)54-28-36-62-60-34-26-52(44-72(60)84(7,8)74(62)46-54)50-30-40-80-68(42-50)66-20-12-16-24-78(66)86(80)56-32-38-64-58-18-10-14-22-70(58)82(3,4)76(64)48-56/h9-48H,1-8H3. The second kappa shape index (κ2) is 17.0. The van der Waals surface area contributed by atoms with E-state index in [1.54, 1.807) is 0 Å². The Bertz CT molecular complexity index is 5020. The second-order valence-corrected chi connectivity index (χ2v) is 27.3. The number of para-hydroxylation sites is 2. The predicted molar refractivity (Wildman–Crippen MR) is 362 cm³/mol. The first-order valence-electron chi connectivity index (χ1n) is 30.8. The molecular formula is C84H64N2. The number of rotatable bonds is 5. The fourth-order valence-corrected chi connectivity index (χ4v) is 16.7. The van der Waals surface area contributed by atoms with Gasteiger partial charge in [-0.15, -0.1) is 0 Å². The van der Waals surface area contributed by atoms with Crippen molar-refractivity contribution in [2.45, 2.75) is 77.0 Å². The zero-order valence-electron chi connectivity index (χ0n) is 50.0. The fraction of sp³-hybridized carbons (Fsp3) is 0.143. The summed E-state index contributed by atoms with van der Waals surface area (Å²) in [7, 11) is 0. The minimum atomic E-state index is -0.190. The van der Waals surface area contributed by atoms with E-state index in [-0.39, 0.29) is 21.7 Å². The van der Waals surface area contributed by atoms with E-state index in [2.05, 4.69) is 307 Å². The van der Waals surface area contributed by atoms with E-state index < -0.39 is 0 Å². The molecule has 0 saturated heterocycles. The molecule has 0 bridgehead atoms. The first kappa shape index (κ1) is 49.6. The third-order valence-corrected chi connectivity index (χ3v) is 21.3. The lowest BCUT2D eigenvalue weighted by Crippen LogP contribution is -2.15. The van der Waals surface area contributed by atoms with Crippen molar-refractivity contribution in [2.75, 3.05) is 0 Å². The fourth-order valence-electron chi connectivity index (χ4n) is 16.7. The Morgan fingerprint density at radius 3 is 0.826 bits per heavy atom. The van der Waals surface area contributed by atoms with E-state index in [4.69, 9.17) is 0 Å². The number of fused-ring (bicyclic) bond motifs is 18. The van der Waals surface area contributed by atoms with Gasteiger partial charge in [-0.3, -0.25) is 0 Å². The van der Waals surface area contributed by atoms with Gasteiger partial charge in [0.2, 0.25) is 0 Å². The van der Waals surface area contributed by atoms with E-state index in [1.807, 2.05) is 0 Å². The number of benzene rings is 12. The van der Waals surface area contributed by atoms with Crippen LogP contribution in [-0.2, 0) is 21.7 Å². The second-order valence-electron chi connectivity index (χ2n) is 27.3. The maximum Gasteiger partial charge on any atom is 0.0541 e. The Hall–Kier alpha value is -9.76. The van der Waals surface area contributed by atoms with Crippen LogP contribution in [0.3, 0.4) is 0 Å². The molecule has 2 heteroatoms. The summed E-state index contributed by atoms with van der Waals surface area (Å²) in [5, 5.41) is 5.09. The van der Waals surface area contributed by atoms with Crippen LogP contribution in [0.4, 0.5) is 0 Å². The van der Waals surface area contributed by atoms with Gasteiger partial charge >= 0.3 is 0 Å². The van der Waals surface area contributed by atoms with Crippen LogP contribution >= 0.6 is 0 Å². The van der Waals surface area contributed by atoms with Crippen molar-refractivity contribution in [1.82, 2.24) is 9.13 Å². The maximum atomic E-state index is 2.49. The summed E-state index contributed by atoms with van der Waals surface area (Å²) < 4.78 is 4.95. The SMILES string of the molecule is CC1(C)c2cc(-c3ccc4c(c3)C(C)(C)c3cc(-c5ccc6c(c5)c5ccccc5n6-c5ccc6c(c5)C(C)(C)c5ccccc5-6)ccc3-4)ccc2-c2ccc(-c3ccc4c(c3)c3ccccc3n4-c3ccc4c(c3)C(C)(C)c3ccccc3-4)cc21. The molecule has 0 atom stereocenters. The van der Waals surface area contributed by atoms with Crippen LogP contribution in [0.2, 0.25) is 0 Å². The molecule has 2 nitrogen and oxygen atoms in total. The summed E-state index contributed by atoms with van der Waals surface area (Å²) in [6, 6.07) is 93.0. The maximum absolute atomic E-state index is 2.49. The molecule has 0 aliphatic heterocycles. The van der Waals surface area contributed by atoms with Crippen molar-refractivity contribution in [3.8, 4) is 89.3 Å². The molecule has 0 N–H and O–H groups in total. The van der Waals surface area contributed by atoms with Crippen molar-refractivity contribution in [2.24, 2.45) is 0 Å². The molecule has 12 aromatic carbocycles. The van der Waals surface area contributed by atoms with Crippen molar-refractivity contribution >= 4 is 43.6 Å². The molecule has 18 rings (SSSR count). The van der Waals surface area contributed by atoms with Crippen molar-refractivity contribution in [1.29, 1.82) is 0 Å². The number of nitrogens with zero attached hydrogens (tertiary/aromatic N) is 2. The molecule has 2 heterocycles. The third kappa shape index (κ3) is 6.57. The van der Waals surface area contributed by atoms with Crippen molar-refractivity contribution in [3.63, 3.8) is 0 Å². The number of hydrogen-bond acceptors (Lipinski definition) is 0. The van der Waals surface area contributed by atoms with Gasteiger partial charge in [0.1, 0.15) is 0 Å². The van der Waals surface area contributed by atoms with Crippen LogP contribution in [0.1, 0.15) is 99.9 Å². The highest BCUT2D eigenvalue weighted by Gasteiger charge is 2.40. The van der Waals surface area contributed by atoms with Crippen LogP contribution < -0.4 is 0 Å². The number of hydrogen-bond donors (Lipinski definition) is 0. The largest absolute Gasteiger partial charge is 0.309 e. The highest BCUT2D eigenvalue weighted by molar-refractivity contribution is 6.12. The van der Waals surface area contributed by atoms with Crippen LogP contribution in [0.15, 0.2) is 243 Å². The van der Waals surface area contributed by atoms with Gasteiger partial charge in [0.15, 0.2) is 0 Å². The van der Waals surface area contributed by atoms with E-state index in [1.165, 1.54) is 177 Å². The van der Waals surface area contributed by atoms with E-state index in [0.717, 1.165) is 0 Å². The van der Waals surface area contributed by atoms with Gasteiger partial charge in [0.05, 0.1) is 22.1 Å². The van der Waals surface area contributed by atoms with Crippen LogP contribution in [-0.4, -0.2) is 9.13 Å². The lowest BCUT2D eigenvalue weighted by atomic mass is 9.79. The molecule has 0 fully saturated rings. The Balaban J connectivity index is 0.648. The average molecular weight is 1100 g/mol. The Labute approximate surface area is 503 Å². The monoisotopic (exact) mass is 1100 g/mol. The first-order valence-corrected chi connectivity index (χ1v) is 30.8. The lowest BCUT2D eigenvalue weighted by Gasteiger charge is -2.24. The molecule has 410 valence electrons. The molecule has 86 heavy (non-hydrogen) atoms. The lowest BCUT2D eigenvalue weighted by molar-refractivity contribution is 0.660. The minimum absolute atomic E-state index is 0.0720. The quantitative estimate of drug-likeness (QED) is 0.163. The number of aromatic nitrogens is 2. The van der Waals surface area contributed by atoms with E-state index in [9.17, 15) is 0 Å². The summed E-state index contributed by atoms with van der Waals surface area (Å²) in [6.45, 7) is 19.2. The predicted octanol–water partition coefficient (Wildman–Crippen LogP) is 22.1. The van der Waals surface area contributed by atoms with Crippen molar-refractivity contribution < 1.29 is 0 Å². The summed E-state index contributed by atoms with van der Waals surface area (Å²) in [4.78, 5) is 0. The van der Waals surface area contributed by atoms with Crippen LogP contribution in [0.5, 0.6) is 0 Å². The minimum Gasteiger partial charge on any atom is -0.309 e.